The first kappa shape index (κ1) is 15.3. The van der Waals surface area contributed by atoms with Crippen molar-refractivity contribution in [2.24, 2.45) is 0 Å². The van der Waals surface area contributed by atoms with E-state index in [0.29, 0.717) is 18.7 Å². The Morgan fingerprint density at radius 3 is 2.76 bits per heavy atom. The van der Waals surface area contributed by atoms with Crippen molar-refractivity contribution < 1.29 is 14.3 Å². The summed E-state index contributed by atoms with van der Waals surface area (Å²) < 4.78 is 5.74. The third-order valence-corrected chi connectivity index (χ3v) is 3.04. The van der Waals surface area contributed by atoms with Crippen molar-refractivity contribution in [3.63, 3.8) is 0 Å². The molecule has 0 spiro atoms. The van der Waals surface area contributed by atoms with E-state index in [2.05, 4.69) is 10.3 Å². The molecule has 1 heterocycles. The Hall–Kier alpha value is -2.14. The van der Waals surface area contributed by atoms with Crippen molar-refractivity contribution in [2.45, 2.75) is 32.8 Å². The molecule has 0 fully saturated rings. The summed E-state index contributed by atoms with van der Waals surface area (Å²) in [6, 6.07) is 9.77. The third-order valence-electron chi connectivity index (χ3n) is 3.04. The van der Waals surface area contributed by atoms with Crippen LogP contribution in [0.3, 0.4) is 0 Å². The second kappa shape index (κ2) is 7.04. The number of rotatable bonds is 6. The summed E-state index contributed by atoms with van der Waals surface area (Å²) in [6.45, 7) is 3.78. The molecule has 1 unspecified atom stereocenters. The number of carbonyl (C=O) groups excluding carboxylic acids is 1. The van der Waals surface area contributed by atoms with Gasteiger partial charge in [0.15, 0.2) is 11.7 Å². The van der Waals surface area contributed by atoms with Crippen molar-refractivity contribution in [1.82, 2.24) is 10.3 Å². The molecule has 2 N–H and O–H groups in total. The second-order valence-electron chi connectivity index (χ2n) is 5.04. The number of aliphatic hydroxyl groups excluding tert-OH is 1. The Morgan fingerprint density at radius 1 is 1.38 bits per heavy atom. The fraction of sp³-hybridized carbons (Fsp3) is 0.375. The van der Waals surface area contributed by atoms with Gasteiger partial charge in [-0.1, -0.05) is 30.3 Å². The van der Waals surface area contributed by atoms with Gasteiger partial charge >= 0.3 is 0 Å². The molecule has 2 aromatic rings. The Labute approximate surface area is 124 Å². The molecular formula is C16H20N2O3. The van der Waals surface area contributed by atoms with E-state index >= 15 is 0 Å². The number of hydrogen-bond acceptors (Lipinski definition) is 4. The van der Waals surface area contributed by atoms with Gasteiger partial charge < -0.3 is 14.8 Å². The second-order valence-corrected chi connectivity index (χ2v) is 5.04. The number of aromatic nitrogens is 1. The molecule has 1 amide bonds. The summed E-state index contributed by atoms with van der Waals surface area (Å²) in [6.07, 6.45) is 0.197. The van der Waals surface area contributed by atoms with Crippen LogP contribution in [0.15, 0.2) is 34.7 Å². The number of oxazole rings is 1. The molecule has 5 nitrogen and oxygen atoms in total. The molecule has 1 atom stereocenters. The number of aryl methyl sites for hydroxylation is 2. The van der Waals surface area contributed by atoms with E-state index in [1.54, 1.807) is 6.92 Å². The molecule has 21 heavy (non-hydrogen) atoms. The van der Waals surface area contributed by atoms with Crippen LogP contribution in [0.5, 0.6) is 0 Å². The third kappa shape index (κ3) is 4.43. The average molecular weight is 288 g/mol. The maximum absolute atomic E-state index is 11.6. The Balaban J connectivity index is 1.95. The van der Waals surface area contributed by atoms with Gasteiger partial charge in [-0.05, 0) is 13.8 Å². The molecular weight excluding hydrogens is 268 g/mol. The van der Waals surface area contributed by atoms with Crippen molar-refractivity contribution in [3.8, 4) is 11.3 Å². The van der Waals surface area contributed by atoms with Crippen LogP contribution in [0.4, 0.5) is 0 Å². The predicted molar refractivity (Wildman–Crippen MR) is 79.7 cm³/mol. The van der Waals surface area contributed by atoms with Crippen LogP contribution in [0, 0.1) is 6.92 Å². The molecule has 1 aromatic heterocycles. The predicted octanol–water partition coefficient (Wildman–Crippen LogP) is 2.08. The topological polar surface area (TPSA) is 75.4 Å². The Bertz CT molecular complexity index is 591. The lowest BCUT2D eigenvalue weighted by atomic mass is 10.1. The highest BCUT2D eigenvalue weighted by Crippen LogP contribution is 2.24. The van der Waals surface area contributed by atoms with Gasteiger partial charge in [0, 0.05) is 24.9 Å². The van der Waals surface area contributed by atoms with Gasteiger partial charge in [-0.15, -0.1) is 0 Å². The Kier molecular flexibility index (Phi) is 5.11. The highest BCUT2D eigenvalue weighted by atomic mass is 16.4. The first-order valence-corrected chi connectivity index (χ1v) is 7.02. The minimum Gasteiger partial charge on any atom is -0.440 e. The van der Waals surface area contributed by atoms with Gasteiger partial charge in [-0.25, -0.2) is 4.98 Å². The minimum atomic E-state index is -0.539. The molecule has 1 aromatic carbocycles. The summed E-state index contributed by atoms with van der Waals surface area (Å²) >= 11 is 0. The van der Waals surface area contributed by atoms with Gasteiger partial charge in [0.2, 0.25) is 5.91 Å². The van der Waals surface area contributed by atoms with E-state index in [0.717, 1.165) is 17.0 Å². The van der Waals surface area contributed by atoms with Crippen molar-refractivity contribution >= 4 is 5.91 Å². The molecule has 2 rings (SSSR count). The zero-order valence-corrected chi connectivity index (χ0v) is 12.3. The Morgan fingerprint density at radius 2 is 2.10 bits per heavy atom. The summed E-state index contributed by atoms with van der Waals surface area (Å²) in [5, 5.41) is 11.8. The average Bonchev–Trinajstić information content (AvgIpc) is 2.85. The van der Waals surface area contributed by atoms with Crippen molar-refractivity contribution in [3.05, 3.63) is 41.9 Å². The number of carbonyl (C=O) groups is 1. The fourth-order valence-electron chi connectivity index (χ4n) is 1.99. The normalized spacial score (nSPS) is 12.1. The lowest BCUT2D eigenvalue weighted by Crippen LogP contribution is -2.30. The number of aliphatic hydroxyl groups is 1. The van der Waals surface area contributed by atoms with Crippen LogP contribution in [0.25, 0.3) is 11.3 Å². The van der Waals surface area contributed by atoms with Gasteiger partial charge in [0.1, 0.15) is 0 Å². The highest BCUT2D eigenvalue weighted by molar-refractivity contribution is 5.76. The maximum Gasteiger partial charge on any atom is 0.220 e. The van der Waals surface area contributed by atoms with Crippen molar-refractivity contribution in [2.75, 3.05) is 6.54 Å². The number of nitrogens with one attached hydrogen (secondary N) is 1. The molecule has 0 aliphatic carbocycles. The van der Waals surface area contributed by atoms with Crippen LogP contribution < -0.4 is 5.32 Å². The smallest absolute Gasteiger partial charge is 0.220 e. The molecule has 0 bridgehead atoms. The zero-order chi connectivity index (χ0) is 15.2. The van der Waals surface area contributed by atoms with Crippen LogP contribution in [0.1, 0.15) is 24.9 Å². The molecule has 5 heteroatoms. The summed E-state index contributed by atoms with van der Waals surface area (Å²) in [5.74, 6) is 1.18. The number of nitrogens with zero attached hydrogens (tertiary/aromatic N) is 1. The quantitative estimate of drug-likeness (QED) is 0.853. The molecule has 0 saturated carbocycles. The van der Waals surface area contributed by atoms with E-state index in [1.807, 2.05) is 37.3 Å². The summed E-state index contributed by atoms with van der Waals surface area (Å²) in [7, 11) is 0. The SMILES string of the molecule is Cc1nc(CCC(=O)NCC(C)O)oc1-c1ccccc1. The first-order chi connectivity index (χ1) is 10.1. The van der Waals surface area contributed by atoms with E-state index in [1.165, 1.54) is 0 Å². The molecule has 112 valence electrons. The zero-order valence-electron chi connectivity index (χ0n) is 12.3. The van der Waals surface area contributed by atoms with Gasteiger partial charge in [0.05, 0.1) is 11.8 Å². The molecule has 0 radical (unpaired) electrons. The number of benzene rings is 1. The van der Waals surface area contributed by atoms with Gasteiger partial charge in [-0.3, -0.25) is 4.79 Å². The van der Waals surface area contributed by atoms with Gasteiger partial charge in [-0.2, -0.15) is 0 Å². The highest BCUT2D eigenvalue weighted by Gasteiger charge is 2.12. The van der Waals surface area contributed by atoms with E-state index in [-0.39, 0.29) is 12.5 Å². The maximum atomic E-state index is 11.6. The van der Waals surface area contributed by atoms with Crippen LogP contribution in [0.2, 0.25) is 0 Å². The largest absolute Gasteiger partial charge is 0.440 e. The van der Waals surface area contributed by atoms with Crippen LogP contribution in [-0.2, 0) is 11.2 Å². The van der Waals surface area contributed by atoms with E-state index < -0.39 is 6.10 Å². The number of amides is 1. The molecule has 0 aliphatic heterocycles. The van der Waals surface area contributed by atoms with Crippen molar-refractivity contribution in [1.29, 1.82) is 0 Å². The summed E-state index contributed by atoms with van der Waals surface area (Å²) in [5.41, 5.74) is 1.80. The van der Waals surface area contributed by atoms with E-state index in [4.69, 9.17) is 9.52 Å². The lowest BCUT2D eigenvalue weighted by Gasteiger charge is -2.05. The molecule has 0 aliphatic rings. The minimum absolute atomic E-state index is 0.118. The standard InChI is InChI=1S/C16H20N2O3/c1-11(19)10-17-14(20)8-9-15-18-12(2)16(21-15)13-6-4-3-5-7-13/h3-7,11,19H,8-10H2,1-2H3,(H,17,20). The monoisotopic (exact) mass is 288 g/mol. The fourth-order valence-corrected chi connectivity index (χ4v) is 1.99. The lowest BCUT2D eigenvalue weighted by molar-refractivity contribution is -0.121. The number of hydrogen-bond donors (Lipinski definition) is 2. The first-order valence-electron chi connectivity index (χ1n) is 7.02. The summed E-state index contributed by atoms with van der Waals surface area (Å²) in [4.78, 5) is 15.9. The molecule has 0 saturated heterocycles. The van der Waals surface area contributed by atoms with Crippen LogP contribution >= 0.6 is 0 Å². The van der Waals surface area contributed by atoms with E-state index in [9.17, 15) is 4.79 Å². The van der Waals surface area contributed by atoms with Crippen LogP contribution in [-0.4, -0.2) is 28.6 Å². The van der Waals surface area contributed by atoms with Gasteiger partial charge in [0.25, 0.3) is 0 Å².